The van der Waals surface area contributed by atoms with Gasteiger partial charge in [-0.05, 0) is 42.5 Å². The molecule has 2 aromatic carbocycles. The summed E-state index contributed by atoms with van der Waals surface area (Å²) in [4.78, 5) is 21.0. The Labute approximate surface area is 185 Å². The van der Waals surface area contributed by atoms with Crippen molar-refractivity contribution in [2.45, 2.75) is 12.8 Å². The van der Waals surface area contributed by atoms with Crippen LogP contribution in [0.3, 0.4) is 0 Å². The summed E-state index contributed by atoms with van der Waals surface area (Å²) in [6, 6.07) is 11.8. The first-order chi connectivity index (χ1) is 15.6. The Bertz CT molecular complexity index is 1060. The van der Waals surface area contributed by atoms with E-state index in [0.717, 1.165) is 11.3 Å². The maximum absolute atomic E-state index is 13.1. The second kappa shape index (κ2) is 9.67. The van der Waals surface area contributed by atoms with Crippen molar-refractivity contribution in [3.05, 3.63) is 54.2 Å². The lowest BCUT2D eigenvalue weighted by Gasteiger charge is -2.36. The summed E-state index contributed by atoms with van der Waals surface area (Å²) in [5.41, 5.74) is 1.70. The number of anilines is 1. The number of ether oxygens (including phenoxy) is 2. The molecule has 3 aromatic rings. The van der Waals surface area contributed by atoms with E-state index in [4.69, 9.17) is 14.0 Å². The Kier molecular flexibility index (Phi) is 6.53. The molecule has 0 bridgehead atoms. The molecule has 1 aliphatic rings. The highest BCUT2D eigenvalue weighted by atomic mass is 19.1. The first kappa shape index (κ1) is 21.6. The fourth-order valence-electron chi connectivity index (χ4n) is 3.69. The molecule has 0 unspecified atom stereocenters. The van der Waals surface area contributed by atoms with Crippen LogP contribution in [0, 0.1) is 5.82 Å². The lowest BCUT2D eigenvalue weighted by molar-refractivity contribution is -0.131. The van der Waals surface area contributed by atoms with Gasteiger partial charge in [0.25, 0.3) is 0 Å². The molecule has 0 N–H and O–H groups in total. The number of methoxy groups -OCH3 is 2. The number of hydrogen-bond acceptors (Lipinski definition) is 7. The van der Waals surface area contributed by atoms with Crippen molar-refractivity contribution >= 4 is 11.6 Å². The lowest BCUT2D eigenvalue weighted by Crippen LogP contribution is -2.48. The molecule has 4 rings (SSSR count). The van der Waals surface area contributed by atoms with Crippen LogP contribution in [0.4, 0.5) is 10.1 Å². The van der Waals surface area contributed by atoms with E-state index in [9.17, 15) is 9.18 Å². The van der Waals surface area contributed by atoms with Gasteiger partial charge in [-0.3, -0.25) is 4.79 Å². The third-order valence-electron chi connectivity index (χ3n) is 5.49. The maximum atomic E-state index is 13.1. The van der Waals surface area contributed by atoms with Gasteiger partial charge in [-0.2, -0.15) is 4.98 Å². The number of amides is 1. The van der Waals surface area contributed by atoms with E-state index in [1.165, 1.54) is 12.1 Å². The van der Waals surface area contributed by atoms with Crippen LogP contribution in [0.15, 0.2) is 47.0 Å². The van der Waals surface area contributed by atoms with Crippen molar-refractivity contribution in [3.63, 3.8) is 0 Å². The average molecular weight is 440 g/mol. The monoisotopic (exact) mass is 440 g/mol. The summed E-state index contributed by atoms with van der Waals surface area (Å²) >= 11 is 0. The van der Waals surface area contributed by atoms with Crippen LogP contribution in [0.5, 0.6) is 11.5 Å². The molecule has 1 aromatic heterocycles. The Morgan fingerprint density at radius 3 is 2.44 bits per heavy atom. The van der Waals surface area contributed by atoms with Gasteiger partial charge in [-0.15, -0.1) is 0 Å². The van der Waals surface area contributed by atoms with E-state index in [0.29, 0.717) is 62.2 Å². The average Bonchev–Trinajstić information content (AvgIpc) is 3.32. The molecule has 0 atom stereocenters. The molecule has 1 amide bonds. The molecule has 1 aliphatic heterocycles. The van der Waals surface area contributed by atoms with Gasteiger partial charge in [0.2, 0.25) is 17.6 Å². The highest BCUT2D eigenvalue weighted by Crippen LogP contribution is 2.31. The molecule has 1 fully saturated rings. The zero-order valence-corrected chi connectivity index (χ0v) is 18.1. The van der Waals surface area contributed by atoms with Crippen LogP contribution >= 0.6 is 0 Å². The molecule has 0 aliphatic carbocycles. The Balaban J connectivity index is 1.30. The van der Waals surface area contributed by atoms with Gasteiger partial charge < -0.3 is 23.8 Å². The maximum Gasteiger partial charge on any atom is 0.227 e. The summed E-state index contributed by atoms with van der Waals surface area (Å²) in [5.74, 6) is 1.83. The molecule has 0 radical (unpaired) electrons. The number of carbonyl (C=O) groups is 1. The van der Waals surface area contributed by atoms with Crippen LogP contribution in [0.2, 0.25) is 0 Å². The number of piperazine rings is 1. The predicted molar refractivity (Wildman–Crippen MR) is 116 cm³/mol. The molecule has 1 saturated heterocycles. The number of hydrogen-bond donors (Lipinski definition) is 0. The van der Waals surface area contributed by atoms with Crippen LogP contribution in [0.25, 0.3) is 11.4 Å². The third kappa shape index (κ3) is 4.82. The summed E-state index contributed by atoms with van der Waals surface area (Å²) in [6.45, 7) is 2.66. The first-order valence-corrected chi connectivity index (χ1v) is 10.4. The Hall–Kier alpha value is -3.62. The second-order valence-electron chi connectivity index (χ2n) is 7.43. The van der Waals surface area contributed by atoms with E-state index in [1.807, 2.05) is 11.0 Å². The van der Waals surface area contributed by atoms with Gasteiger partial charge >= 0.3 is 0 Å². The minimum Gasteiger partial charge on any atom is -0.493 e. The smallest absolute Gasteiger partial charge is 0.227 e. The van der Waals surface area contributed by atoms with Crippen LogP contribution in [-0.4, -0.2) is 61.3 Å². The fraction of sp³-hybridized carbons (Fsp3) is 0.348. The molecule has 9 heteroatoms. The van der Waals surface area contributed by atoms with Crippen LogP contribution in [-0.2, 0) is 11.2 Å². The van der Waals surface area contributed by atoms with Gasteiger partial charge in [0.05, 0.1) is 14.2 Å². The van der Waals surface area contributed by atoms with Crippen LogP contribution < -0.4 is 14.4 Å². The predicted octanol–water partition coefficient (Wildman–Crippen LogP) is 3.17. The molecule has 168 valence electrons. The fourth-order valence-corrected chi connectivity index (χ4v) is 3.69. The summed E-state index contributed by atoms with van der Waals surface area (Å²) in [6.07, 6.45) is 0.668. The molecule has 0 saturated carbocycles. The van der Waals surface area contributed by atoms with Crippen LogP contribution in [0.1, 0.15) is 12.3 Å². The van der Waals surface area contributed by atoms with Gasteiger partial charge in [0.1, 0.15) is 5.82 Å². The van der Waals surface area contributed by atoms with Crippen molar-refractivity contribution in [2.75, 3.05) is 45.3 Å². The number of benzene rings is 2. The molecule has 0 spiro atoms. The zero-order valence-electron chi connectivity index (χ0n) is 18.1. The Morgan fingerprint density at radius 1 is 1.03 bits per heavy atom. The van der Waals surface area contributed by atoms with E-state index in [-0.39, 0.29) is 11.7 Å². The number of carbonyl (C=O) groups excluding carboxylic acids is 1. The van der Waals surface area contributed by atoms with Crippen molar-refractivity contribution in [3.8, 4) is 22.9 Å². The number of halogens is 1. The van der Waals surface area contributed by atoms with E-state index >= 15 is 0 Å². The van der Waals surface area contributed by atoms with E-state index < -0.39 is 0 Å². The van der Waals surface area contributed by atoms with Gasteiger partial charge in [0.15, 0.2) is 11.5 Å². The molecule has 8 nitrogen and oxygen atoms in total. The largest absolute Gasteiger partial charge is 0.493 e. The second-order valence-corrected chi connectivity index (χ2v) is 7.43. The van der Waals surface area contributed by atoms with E-state index in [1.54, 1.807) is 38.5 Å². The Morgan fingerprint density at radius 2 is 1.75 bits per heavy atom. The molecule has 2 heterocycles. The first-order valence-electron chi connectivity index (χ1n) is 10.4. The van der Waals surface area contributed by atoms with Crippen molar-refractivity contribution in [2.24, 2.45) is 0 Å². The SMILES string of the molecule is COc1ccc(-c2noc(CCC(=O)N3CCN(c4ccc(F)cc4)CC3)n2)cc1OC. The van der Waals surface area contributed by atoms with Gasteiger partial charge in [-0.25, -0.2) is 4.39 Å². The molecule has 32 heavy (non-hydrogen) atoms. The molecular weight excluding hydrogens is 415 g/mol. The number of rotatable bonds is 7. The van der Waals surface area contributed by atoms with Crippen molar-refractivity contribution < 1.29 is 23.2 Å². The van der Waals surface area contributed by atoms with Gasteiger partial charge in [-0.1, -0.05) is 5.16 Å². The van der Waals surface area contributed by atoms with E-state index in [2.05, 4.69) is 15.0 Å². The summed E-state index contributed by atoms with van der Waals surface area (Å²) < 4.78 is 29.0. The number of aryl methyl sites for hydroxylation is 1. The lowest BCUT2D eigenvalue weighted by atomic mass is 10.2. The highest BCUT2D eigenvalue weighted by molar-refractivity contribution is 5.76. The minimum absolute atomic E-state index is 0.0506. The van der Waals surface area contributed by atoms with Gasteiger partial charge in [0, 0.05) is 50.3 Å². The topological polar surface area (TPSA) is 80.9 Å². The number of nitrogens with zero attached hydrogens (tertiary/aromatic N) is 4. The normalized spacial score (nSPS) is 13.8. The minimum atomic E-state index is -0.252. The number of aromatic nitrogens is 2. The third-order valence-corrected chi connectivity index (χ3v) is 5.49. The summed E-state index contributed by atoms with van der Waals surface area (Å²) in [5, 5.41) is 4.02. The highest BCUT2D eigenvalue weighted by Gasteiger charge is 2.22. The quantitative estimate of drug-likeness (QED) is 0.558. The van der Waals surface area contributed by atoms with Crippen molar-refractivity contribution in [1.82, 2.24) is 15.0 Å². The molecular formula is C23H25FN4O4. The standard InChI is InChI=1S/C23H25FN4O4/c1-30-19-8-3-16(15-20(19)31-2)23-25-21(32-26-23)9-10-22(29)28-13-11-27(12-14-28)18-6-4-17(24)5-7-18/h3-8,15H,9-14H2,1-2H3. The van der Waals surface area contributed by atoms with Crippen molar-refractivity contribution in [1.29, 1.82) is 0 Å². The summed E-state index contributed by atoms with van der Waals surface area (Å²) in [7, 11) is 3.14. The zero-order chi connectivity index (χ0) is 22.5.